The first-order valence-corrected chi connectivity index (χ1v) is 9.42. The van der Waals surface area contributed by atoms with Gasteiger partial charge >= 0.3 is 0 Å². The van der Waals surface area contributed by atoms with Crippen molar-refractivity contribution < 1.29 is 0 Å². The van der Waals surface area contributed by atoms with Gasteiger partial charge in [-0.15, -0.1) is 0 Å². The second-order valence-corrected chi connectivity index (χ2v) is 7.89. The van der Waals surface area contributed by atoms with Gasteiger partial charge in [-0.3, -0.25) is 4.90 Å². The number of rotatable bonds is 8. The highest BCUT2D eigenvalue weighted by Crippen LogP contribution is 2.44. The molecule has 0 bridgehead atoms. The van der Waals surface area contributed by atoms with Crippen molar-refractivity contribution in [1.29, 1.82) is 0 Å². The fraction of sp³-hybridized carbons (Fsp3) is 1.00. The van der Waals surface area contributed by atoms with E-state index in [1.165, 1.54) is 63.2 Å². The molecule has 0 radical (unpaired) electrons. The Morgan fingerprint density at radius 2 is 2.11 bits per heavy atom. The lowest BCUT2D eigenvalue weighted by atomic mass is 9.88. The van der Waals surface area contributed by atoms with Crippen LogP contribution >= 0.6 is 11.8 Å². The van der Waals surface area contributed by atoms with Gasteiger partial charge in [0.05, 0.1) is 0 Å². The number of piperazine rings is 1. The summed E-state index contributed by atoms with van der Waals surface area (Å²) in [5, 5.41) is 3.82. The van der Waals surface area contributed by atoms with Gasteiger partial charge in [-0.25, -0.2) is 0 Å². The molecule has 0 amide bonds. The van der Waals surface area contributed by atoms with Crippen LogP contribution in [-0.2, 0) is 0 Å². The van der Waals surface area contributed by atoms with Crippen molar-refractivity contribution in [2.24, 2.45) is 5.92 Å². The Hall–Kier alpha value is 0.270. The lowest BCUT2D eigenvalue weighted by Gasteiger charge is -2.49. The average Bonchev–Trinajstić information content (AvgIpc) is 3.23. The molecule has 0 aromatic heterocycles. The second kappa shape index (κ2) is 7.33. The van der Waals surface area contributed by atoms with E-state index in [0.717, 1.165) is 12.0 Å². The molecule has 19 heavy (non-hydrogen) atoms. The zero-order valence-corrected chi connectivity index (χ0v) is 13.9. The quantitative estimate of drug-likeness (QED) is 0.688. The second-order valence-electron chi connectivity index (χ2n) is 6.49. The summed E-state index contributed by atoms with van der Waals surface area (Å²) in [5.74, 6) is 3.56. The minimum absolute atomic E-state index is 0.446. The first kappa shape index (κ1) is 15.7. The molecule has 0 spiro atoms. The fourth-order valence-electron chi connectivity index (χ4n) is 3.50. The van der Waals surface area contributed by atoms with Crippen LogP contribution in [-0.4, -0.2) is 47.6 Å². The van der Waals surface area contributed by atoms with Gasteiger partial charge < -0.3 is 5.32 Å². The van der Waals surface area contributed by atoms with Crippen LogP contribution in [0.4, 0.5) is 0 Å². The monoisotopic (exact) mass is 284 g/mol. The largest absolute Gasteiger partial charge is 0.311 e. The predicted molar refractivity (Wildman–Crippen MR) is 87.0 cm³/mol. The van der Waals surface area contributed by atoms with Crippen LogP contribution in [0.2, 0.25) is 0 Å². The van der Waals surface area contributed by atoms with Crippen LogP contribution in [0.15, 0.2) is 0 Å². The van der Waals surface area contributed by atoms with Crippen molar-refractivity contribution in [3.05, 3.63) is 0 Å². The molecular weight excluding hydrogens is 252 g/mol. The molecule has 1 aliphatic carbocycles. The maximum Gasteiger partial charge on any atom is 0.0334 e. The van der Waals surface area contributed by atoms with Crippen molar-refractivity contribution in [2.45, 2.75) is 64.5 Å². The summed E-state index contributed by atoms with van der Waals surface area (Å²) in [4.78, 5) is 2.83. The van der Waals surface area contributed by atoms with Crippen LogP contribution < -0.4 is 5.32 Å². The Kier molecular flexibility index (Phi) is 6.04. The predicted octanol–water partition coefficient (Wildman–Crippen LogP) is 3.37. The Morgan fingerprint density at radius 3 is 2.74 bits per heavy atom. The third kappa shape index (κ3) is 4.12. The SMILES string of the molecule is CCCC1CN(CCCSCC)C(C)(C2CC2)CN1. The lowest BCUT2D eigenvalue weighted by molar-refractivity contribution is 0.0335. The van der Waals surface area contributed by atoms with Crippen molar-refractivity contribution in [3.8, 4) is 0 Å². The molecule has 1 saturated heterocycles. The molecule has 2 rings (SSSR count). The summed E-state index contributed by atoms with van der Waals surface area (Å²) in [6.45, 7) is 10.9. The van der Waals surface area contributed by atoms with Gasteiger partial charge in [0.15, 0.2) is 0 Å². The number of hydrogen-bond acceptors (Lipinski definition) is 3. The van der Waals surface area contributed by atoms with Crippen molar-refractivity contribution in [1.82, 2.24) is 10.2 Å². The Balaban J connectivity index is 1.87. The van der Waals surface area contributed by atoms with E-state index in [1.807, 2.05) is 0 Å². The molecule has 112 valence electrons. The van der Waals surface area contributed by atoms with E-state index < -0.39 is 0 Å². The Bertz CT molecular complexity index is 267. The Morgan fingerprint density at radius 1 is 1.32 bits per heavy atom. The minimum atomic E-state index is 0.446. The van der Waals surface area contributed by atoms with Crippen LogP contribution in [0.3, 0.4) is 0 Å². The topological polar surface area (TPSA) is 15.3 Å². The molecule has 1 N–H and O–H groups in total. The highest BCUT2D eigenvalue weighted by atomic mass is 32.2. The number of nitrogens with zero attached hydrogens (tertiary/aromatic N) is 1. The summed E-state index contributed by atoms with van der Waals surface area (Å²) in [7, 11) is 0. The first-order chi connectivity index (χ1) is 9.20. The van der Waals surface area contributed by atoms with E-state index in [4.69, 9.17) is 0 Å². The van der Waals surface area contributed by atoms with Crippen LogP contribution in [0.1, 0.15) is 52.9 Å². The van der Waals surface area contributed by atoms with E-state index in [0.29, 0.717) is 5.54 Å². The van der Waals surface area contributed by atoms with Gasteiger partial charge in [-0.2, -0.15) is 11.8 Å². The van der Waals surface area contributed by atoms with Gasteiger partial charge in [-0.05, 0) is 56.6 Å². The van der Waals surface area contributed by atoms with Crippen molar-refractivity contribution >= 4 is 11.8 Å². The molecule has 2 atom stereocenters. The van der Waals surface area contributed by atoms with Crippen molar-refractivity contribution in [2.75, 3.05) is 31.1 Å². The number of hydrogen-bond donors (Lipinski definition) is 1. The van der Waals surface area contributed by atoms with Gasteiger partial charge in [-0.1, -0.05) is 20.3 Å². The van der Waals surface area contributed by atoms with E-state index in [9.17, 15) is 0 Å². The Labute approximate surface area is 124 Å². The maximum absolute atomic E-state index is 3.82. The summed E-state index contributed by atoms with van der Waals surface area (Å²) >= 11 is 2.09. The molecular formula is C16H32N2S. The molecule has 0 aromatic carbocycles. The van der Waals surface area contributed by atoms with E-state index >= 15 is 0 Å². The average molecular weight is 285 g/mol. The summed E-state index contributed by atoms with van der Waals surface area (Å²) < 4.78 is 0. The minimum Gasteiger partial charge on any atom is -0.311 e. The van der Waals surface area contributed by atoms with E-state index in [-0.39, 0.29) is 0 Å². The van der Waals surface area contributed by atoms with Crippen LogP contribution in [0.25, 0.3) is 0 Å². The van der Waals surface area contributed by atoms with Gasteiger partial charge in [0.2, 0.25) is 0 Å². The molecule has 1 saturated carbocycles. The van der Waals surface area contributed by atoms with Gasteiger partial charge in [0.25, 0.3) is 0 Å². The summed E-state index contributed by atoms with van der Waals surface area (Å²) in [6.07, 6.45) is 6.91. The molecule has 2 unspecified atom stereocenters. The highest BCUT2D eigenvalue weighted by Gasteiger charge is 2.47. The third-order valence-corrected chi connectivity index (χ3v) is 5.91. The van der Waals surface area contributed by atoms with Crippen LogP contribution in [0, 0.1) is 5.92 Å². The maximum atomic E-state index is 3.82. The molecule has 1 heterocycles. The number of thioether (sulfide) groups is 1. The molecule has 0 aromatic rings. The number of nitrogens with one attached hydrogen (secondary N) is 1. The molecule has 2 aliphatic rings. The van der Waals surface area contributed by atoms with Gasteiger partial charge in [0, 0.05) is 24.7 Å². The molecule has 2 fully saturated rings. The first-order valence-electron chi connectivity index (χ1n) is 8.27. The highest BCUT2D eigenvalue weighted by molar-refractivity contribution is 7.99. The molecule has 3 heteroatoms. The van der Waals surface area contributed by atoms with E-state index in [2.05, 4.69) is 42.7 Å². The zero-order valence-electron chi connectivity index (χ0n) is 13.1. The van der Waals surface area contributed by atoms with E-state index in [1.54, 1.807) is 0 Å². The summed E-state index contributed by atoms with van der Waals surface area (Å²) in [6, 6.07) is 0.732. The normalized spacial score (nSPS) is 32.7. The zero-order chi connectivity index (χ0) is 13.7. The standard InChI is InChI=1S/C16H32N2S/c1-4-7-15-12-18(10-6-11-19-5-2)16(3,13-17-15)14-8-9-14/h14-15,17H,4-13H2,1-3H3. The molecule has 1 aliphatic heterocycles. The lowest BCUT2D eigenvalue weighted by Crippen LogP contribution is -2.64. The van der Waals surface area contributed by atoms with Crippen molar-refractivity contribution in [3.63, 3.8) is 0 Å². The fourth-order valence-corrected chi connectivity index (χ4v) is 4.12. The van der Waals surface area contributed by atoms with Gasteiger partial charge in [0.1, 0.15) is 0 Å². The smallest absolute Gasteiger partial charge is 0.0334 e. The third-order valence-electron chi connectivity index (χ3n) is 4.93. The molecule has 2 nitrogen and oxygen atoms in total. The summed E-state index contributed by atoms with van der Waals surface area (Å²) in [5.41, 5.74) is 0.446. The van der Waals surface area contributed by atoms with Crippen LogP contribution in [0.5, 0.6) is 0 Å².